The fraction of sp³-hybridized carbons (Fsp3) is 0.733. The van der Waals surface area contributed by atoms with Crippen LogP contribution in [0, 0.1) is 0 Å². The summed E-state index contributed by atoms with van der Waals surface area (Å²) in [7, 11) is 0. The van der Waals surface area contributed by atoms with Crippen molar-refractivity contribution < 1.29 is 9.53 Å². The Bertz CT molecular complexity index is 437. The summed E-state index contributed by atoms with van der Waals surface area (Å²) in [6, 6.07) is 0.256. The second-order valence-corrected chi connectivity index (χ2v) is 6.09. The first kappa shape index (κ1) is 17.5. The maximum atomic E-state index is 11.4. The summed E-state index contributed by atoms with van der Waals surface area (Å²) in [6.45, 7) is 12.0. The number of nitrogens with one attached hydrogen (secondary N) is 2. The molecule has 0 aliphatic rings. The first-order valence-corrected chi connectivity index (χ1v) is 7.54. The molecule has 1 heterocycles. The van der Waals surface area contributed by atoms with Gasteiger partial charge in [-0.15, -0.1) is 0 Å². The van der Waals surface area contributed by atoms with Crippen LogP contribution in [0.25, 0.3) is 0 Å². The lowest BCUT2D eigenvalue weighted by Crippen LogP contribution is -2.34. The van der Waals surface area contributed by atoms with Crippen molar-refractivity contribution in [1.82, 2.24) is 20.4 Å². The van der Waals surface area contributed by atoms with Gasteiger partial charge in [-0.1, -0.05) is 0 Å². The Morgan fingerprint density at radius 2 is 2.14 bits per heavy atom. The number of ether oxygens (including phenoxy) is 1. The number of nitrogens with zero attached hydrogens (tertiary/aromatic N) is 2. The van der Waals surface area contributed by atoms with Gasteiger partial charge in [-0.3, -0.25) is 4.68 Å². The van der Waals surface area contributed by atoms with E-state index in [0.717, 1.165) is 19.5 Å². The molecule has 2 N–H and O–H groups in total. The number of hydrogen-bond donors (Lipinski definition) is 2. The van der Waals surface area contributed by atoms with Crippen LogP contribution in [0.1, 0.15) is 52.6 Å². The number of carbonyl (C=O) groups is 1. The Morgan fingerprint density at radius 3 is 2.71 bits per heavy atom. The number of aryl methyl sites for hydroxylation is 1. The molecule has 0 aliphatic carbocycles. The van der Waals surface area contributed by atoms with Crippen molar-refractivity contribution in [2.24, 2.45) is 0 Å². The van der Waals surface area contributed by atoms with Gasteiger partial charge < -0.3 is 15.4 Å². The molecule has 0 radical (unpaired) electrons. The summed E-state index contributed by atoms with van der Waals surface area (Å²) in [5.41, 5.74) is 0.730. The molecule has 0 aliphatic heterocycles. The van der Waals surface area contributed by atoms with E-state index in [2.05, 4.69) is 35.8 Å². The standard InChI is InChI=1S/C15H28N4O2/c1-6-19-11-13(10-18-19)12(2)16-8-7-9-17-14(20)21-15(3,4)5/h10-12,16H,6-9H2,1-5H3,(H,17,20). The highest BCUT2D eigenvalue weighted by molar-refractivity contribution is 5.67. The highest BCUT2D eigenvalue weighted by Crippen LogP contribution is 2.10. The van der Waals surface area contributed by atoms with E-state index in [4.69, 9.17) is 4.74 Å². The fourth-order valence-electron chi connectivity index (χ4n) is 1.81. The monoisotopic (exact) mass is 296 g/mol. The molecule has 1 atom stereocenters. The van der Waals surface area contributed by atoms with Crippen LogP contribution in [-0.2, 0) is 11.3 Å². The molecular formula is C15H28N4O2. The molecule has 0 saturated heterocycles. The molecule has 0 fully saturated rings. The molecule has 1 unspecified atom stereocenters. The molecule has 21 heavy (non-hydrogen) atoms. The van der Waals surface area contributed by atoms with Crippen molar-refractivity contribution in [2.45, 2.75) is 59.2 Å². The second kappa shape index (κ2) is 8.02. The molecule has 1 aromatic heterocycles. The van der Waals surface area contributed by atoms with Crippen molar-refractivity contribution in [2.75, 3.05) is 13.1 Å². The van der Waals surface area contributed by atoms with Crippen molar-refractivity contribution >= 4 is 6.09 Å². The lowest BCUT2D eigenvalue weighted by molar-refractivity contribution is 0.0527. The maximum Gasteiger partial charge on any atom is 0.407 e. The Balaban J connectivity index is 2.15. The first-order chi connectivity index (χ1) is 9.81. The molecule has 120 valence electrons. The van der Waals surface area contributed by atoms with E-state index >= 15 is 0 Å². The van der Waals surface area contributed by atoms with Crippen LogP contribution in [0.2, 0.25) is 0 Å². The smallest absolute Gasteiger partial charge is 0.407 e. The third kappa shape index (κ3) is 7.13. The molecule has 6 nitrogen and oxygen atoms in total. The zero-order valence-electron chi connectivity index (χ0n) is 13.8. The van der Waals surface area contributed by atoms with Crippen LogP contribution < -0.4 is 10.6 Å². The van der Waals surface area contributed by atoms with Crippen LogP contribution in [0.4, 0.5) is 4.79 Å². The quantitative estimate of drug-likeness (QED) is 0.758. The van der Waals surface area contributed by atoms with E-state index in [1.165, 1.54) is 5.56 Å². The third-order valence-corrected chi connectivity index (χ3v) is 2.95. The van der Waals surface area contributed by atoms with Gasteiger partial charge in [0.15, 0.2) is 0 Å². The average molecular weight is 296 g/mol. The van der Waals surface area contributed by atoms with Gasteiger partial charge in [0.05, 0.1) is 6.20 Å². The molecule has 0 aromatic carbocycles. The number of amides is 1. The zero-order chi connectivity index (χ0) is 15.9. The Morgan fingerprint density at radius 1 is 1.43 bits per heavy atom. The van der Waals surface area contributed by atoms with E-state index in [0.29, 0.717) is 6.54 Å². The number of alkyl carbamates (subject to hydrolysis) is 1. The Hall–Kier alpha value is -1.56. The van der Waals surface area contributed by atoms with E-state index in [1.807, 2.05) is 31.6 Å². The highest BCUT2D eigenvalue weighted by atomic mass is 16.6. The lowest BCUT2D eigenvalue weighted by Gasteiger charge is -2.19. The fourth-order valence-corrected chi connectivity index (χ4v) is 1.81. The van der Waals surface area contributed by atoms with Crippen LogP contribution in [0.3, 0.4) is 0 Å². The minimum atomic E-state index is -0.448. The van der Waals surface area contributed by atoms with Crippen LogP contribution in [0.5, 0.6) is 0 Å². The normalized spacial score (nSPS) is 13.0. The summed E-state index contributed by atoms with van der Waals surface area (Å²) in [6.07, 6.45) is 4.43. The largest absolute Gasteiger partial charge is 0.444 e. The van der Waals surface area contributed by atoms with Crippen LogP contribution >= 0.6 is 0 Å². The van der Waals surface area contributed by atoms with Gasteiger partial charge in [-0.25, -0.2) is 4.79 Å². The average Bonchev–Trinajstić information content (AvgIpc) is 2.84. The van der Waals surface area contributed by atoms with Crippen molar-refractivity contribution in [1.29, 1.82) is 0 Å². The zero-order valence-corrected chi connectivity index (χ0v) is 13.8. The van der Waals surface area contributed by atoms with Gasteiger partial charge in [-0.2, -0.15) is 5.10 Å². The first-order valence-electron chi connectivity index (χ1n) is 7.54. The molecular weight excluding hydrogens is 268 g/mol. The van der Waals surface area contributed by atoms with Gasteiger partial charge >= 0.3 is 6.09 Å². The van der Waals surface area contributed by atoms with Gasteiger partial charge in [-0.05, 0) is 47.6 Å². The van der Waals surface area contributed by atoms with Crippen molar-refractivity contribution in [3.8, 4) is 0 Å². The summed E-state index contributed by atoms with van der Waals surface area (Å²) in [5.74, 6) is 0. The second-order valence-electron chi connectivity index (χ2n) is 6.09. The van der Waals surface area contributed by atoms with Crippen molar-refractivity contribution in [3.63, 3.8) is 0 Å². The van der Waals surface area contributed by atoms with Crippen LogP contribution in [0.15, 0.2) is 12.4 Å². The molecule has 0 saturated carbocycles. The van der Waals surface area contributed by atoms with Gasteiger partial charge in [0.2, 0.25) is 0 Å². The van der Waals surface area contributed by atoms with Gasteiger partial charge in [0.25, 0.3) is 0 Å². The minimum Gasteiger partial charge on any atom is -0.444 e. The predicted molar refractivity (Wildman–Crippen MR) is 83.2 cm³/mol. The van der Waals surface area contributed by atoms with Gasteiger partial charge in [0, 0.05) is 30.9 Å². The third-order valence-electron chi connectivity index (χ3n) is 2.95. The maximum absolute atomic E-state index is 11.4. The van der Waals surface area contributed by atoms with Crippen molar-refractivity contribution in [3.05, 3.63) is 18.0 Å². The highest BCUT2D eigenvalue weighted by Gasteiger charge is 2.15. The molecule has 0 spiro atoms. The van der Waals surface area contributed by atoms with E-state index in [-0.39, 0.29) is 12.1 Å². The molecule has 6 heteroatoms. The minimum absolute atomic E-state index is 0.256. The van der Waals surface area contributed by atoms with E-state index in [9.17, 15) is 4.79 Å². The number of aromatic nitrogens is 2. The summed E-state index contributed by atoms with van der Waals surface area (Å²) in [4.78, 5) is 11.4. The number of rotatable bonds is 7. The SMILES string of the molecule is CCn1cc(C(C)NCCCNC(=O)OC(C)(C)C)cn1. The van der Waals surface area contributed by atoms with E-state index < -0.39 is 5.60 Å². The Kier molecular flexibility index (Phi) is 6.68. The summed E-state index contributed by atoms with van der Waals surface area (Å²) < 4.78 is 7.08. The topological polar surface area (TPSA) is 68.2 Å². The summed E-state index contributed by atoms with van der Waals surface area (Å²) in [5, 5.41) is 10.4. The van der Waals surface area contributed by atoms with Crippen LogP contribution in [-0.4, -0.2) is 34.6 Å². The molecule has 0 bridgehead atoms. The molecule has 1 rings (SSSR count). The lowest BCUT2D eigenvalue weighted by atomic mass is 10.2. The van der Waals surface area contributed by atoms with Gasteiger partial charge in [0.1, 0.15) is 5.60 Å². The number of hydrogen-bond acceptors (Lipinski definition) is 4. The number of carbonyl (C=O) groups excluding carboxylic acids is 1. The Labute approximate surface area is 127 Å². The molecule has 1 aromatic rings. The van der Waals surface area contributed by atoms with E-state index in [1.54, 1.807) is 0 Å². The predicted octanol–water partition coefficient (Wildman–Crippen LogP) is 2.47. The summed E-state index contributed by atoms with van der Waals surface area (Å²) >= 11 is 0. The molecule has 1 amide bonds.